The first kappa shape index (κ1) is 14.2. The lowest BCUT2D eigenvalue weighted by atomic mass is 10.3. The second-order valence-corrected chi connectivity index (χ2v) is 3.71. The van der Waals surface area contributed by atoms with Crippen molar-refractivity contribution < 1.29 is 19.2 Å². The van der Waals surface area contributed by atoms with Gasteiger partial charge in [-0.1, -0.05) is 11.6 Å². The van der Waals surface area contributed by atoms with E-state index in [0.29, 0.717) is 0 Å². The van der Waals surface area contributed by atoms with Gasteiger partial charge in [0.2, 0.25) is 0 Å². The van der Waals surface area contributed by atoms with Gasteiger partial charge in [0.25, 0.3) is 5.69 Å². The Labute approximate surface area is 109 Å². The van der Waals surface area contributed by atoms with E-state index in [4.69, 9.17) is 21.1 Å². The minimum Gasteiger partial charge on any atom is -0.477 e. The van der Waals surface area contributed by atoms with Gasteiger partial charge in [0.15, 0.2) is 6.10 Å². The van der Waals surface area contributed by atoms with Gasteiger partial charge in [0.05, 0.1) is 28.7 Å². The number of benzene rings is 1. The average Bonchev–Trinajstić information content (AvgIpc) is 2.31. The summed E-state index contributed by atoms with van der Waals surface area (Å²) < 4.78 is 9.96. The number of carbonyl (C=O) groups excluding carboxylic acids is 1. The Balaban J connectivity index is 2.86. The summed E-state index contributed by atoms with van der Waals surface area (Å²) in [5.41, 5.74) is -0.287. The van der Waals surface area contributed by atoms with Crippen LogP contribution in [0.1, 0.15) is 13.8 Å². The molecule has 0 aromatic heterocycles. The van der Waals surface area contributed by atoms with Gasteiger partial charge in [-0.05, 0) is 19.9 Å². The first-order valence-corrected chi connectivity index (χ1v) is 5.52. The van der Waals surface area contributed by atoms with Gasteiger partial charge in [-0.15, -0.1) is 0 Å². The van der Waals surface area contributed by atoms with Crippen molar-refractivity contribution in [3.63, 3.8) is 0 Å². The molecular formula is C11H11ClNO5. The van der Waals surface area contributed by atoms with Gasteiger partial charge in [0.1, 0.15) is 5.75 Å². The number of carbonyl (C=O) groups is 1. The van der Waals surface area contributed by atoms with E-state index in [1.54, 1.807) is 6.92 Å². The Kier molecular flexibility index (Phi) is 4.91. The average molecular weight is 273 g/mol. The zero-order valence-corrected chi connectivity index (χ0v) is 10.6. The maximum atomic E-state index is 11.3. The highest BCUT2D eigenvalue weighted by Crippen LogP contribution is 2.29. The fraction of sp³-hybridized carbons (Fsp3) is 0.364. The molecule has 7 heteroatoms. The molecule has 0 fully saturated rings. The molecule has 18 heavy (non-hydrogen) atoms. The first-order chi connectivity index (χ1) is 8.45. The van der Waals surface area contributed by atoms with Gasteiger partial charge < -0.3 is 9.47 Å². The van der Waals surface area contributed by atoms with Crippen molar-refractivity contribution in [1.82, 2.24) is 0 Å². The number of non-ortho nitro benzene ring substituents is 1. The molecule has 1 atom stereocenters. The molecule has 0 bridgehead atoms. The van der Waals surface area contributed by atoms with Crippen LogP contribution in [0.2, 0.25) is 5.02 Å². The predicted octanol–water partition coefficient (Wildman–Crippen LogP) is 2.38. The molecule has 0 saturated heterocycles. The predicted molar refractivity (Wildman–Crippen MR) is 63.7 cm³/mol. The summed E-state index contributed by atoms with van der Waals surface area (Å²) in [7, 11) is 0. The number of hydrogen-bond donors (Lipinski definition) is 0. The van der Waals surface area contributed by atoms with E-state index < -0.39 is 17.0 Å². The van der Waals surface area contributed by atoms with Crippen LogP contribution in [0, 0.1) is 16.2 Å². The van der Waals surface area contributed by atoms with Crippen LogP contribution in [0.5, 0.6) is 5.75 Å². The summed E-state index contributed by atoms with van der Waals surface area (Å²) in [6.07, 6.45) is -0.899. The maximum absolute atomic E-state index is 11.3. The Morgan fingerprint density at radius 3 is 2.89 bits per heavy atom. The van der Waals surface area contributed by atoms with E-state index in [0.717, 1.165) is 6.07 Å². The van der Waals surface area contributed by atoms with E-state index in [9.17, 15) is 14.9 Å². The van der Waals surface area contributed by atoms with Gasteiger partial charge >= 0.3 is 5.97 Å². The number of halogens is 1. The molecule has 1 rings (SSSR count). The second kappa shape index (κ2) is 6.20. The lowest BCUT2D eigenvalue weighted by Gasteiger charge is -2.13. The van der Waals surface area contributed by atoms with Crippen molar-refractivity contribution >= 4 is 23.3 Å². The molecular weight excluding hydrogens is 262 g/mol. The molecule has 1 unspecified atom stereocenters. The normalized spacial score (nSPS) is 11.7. The van der Waals surface area contributed by atoms with Crippen LogP contribution >= 0.6 is 11.6 Å². The van der Waals surface area contributed by atoms with E-state index in [1.807, 2.05) is 0 Å². The van der Waals surface area contributed by atoms with Crippen LogP contribution < -0.4 is 4.74 Å². The minimum absolute atomic E-state index is 0.0441. The number of nitro benzene ring substituents is 1. The number of nitrogens with zero attached hydrogens (tertiary/aromatic N) is 1. The molecule has 97 valence electrons. The van der Waals surface area contributed by atoms with Crippen LogP contribution in [-0.4, -0.2) is 23.6 Å². The Hall–Kier alpha value is -1.82. The lowest BCUT2D eigenvalue weighted by molar-refractivity contribution is -0.385. The molecule has 0 aliphatic rings. The van der Waals surface area contributed by atoms with Crippen LogP contribution in [-0.2, 0) is 9.53 Å². The highest BCUT2D eigenvalue weighted by atomic mass is 35.5. The smallest absolute Gasteiger partial charge is 0.347 e. The van der Waals surface area contributed by atoms with Crippen molar-refractivity contribution in [2.45, 2.75) is 20.0 Å². The van der Waals surface area contributed by atoms with Crippen molar-refractivity contribution in [1.29, 1.82) is 0 Å². The third kappa shape index (κ3) is 3.59. The fourth-order valence-electron chi connectivity index (χ4n) is 1.14. The Bertz CT molecular complexity index is 463. The number of hydrogen-bond acceptors (Lipinski definition) is 5. The van der Waals surface area contributed by atoms with E-state index in [2.05, 4.69) is 6.07 Å². The molecule has 0 heterocycles. The van der Waals surface area contributed by atoms with Crippen LogP contribution in [0.25, 0.3) is 0 Å². The van der Waals surface area contributed by atoms with Gasteiger partial charge in [-0.25, -0.2) is 4.79 Å². The fourth-order valence-corrected chi connectivity index (χ4v) is 1.29. The van der Waals surface area contributed by atoms with Crippen molar-refractivity contribution in [2.75, 3.05) is 6.61 Å². The summed E-state index contributed by atoms with van der Waals surface area (Å²) in [4.78, 5) is 21.3. The number of rotatable bonds is 5. The maximum Gasteiger partial charge on any atom is 0.347 e. The summed E-state index contributed by atoms with van der Waals surface area (Å²) in [5.74, 6) is -0.522. The second-order valence-electron chi connectivity index (χ2n) is 3.30. The SMILES string of the molecule is CCOC(=O)C(C)Oc1cc([N+](=O)[O-])[c]cc1Cl. The minimum atomic E-state index is -0.899. The van der Waals surface area contributed by atoms with Crippen molar-refractivity contribution in [3.05, 3.63) is 33.3 Å². The van der Waals surface area contributed by atoms with E-state index >= 15 is 0 Å². The molecule has 6 nitrogen and oxygen atoms in total. The molecule has 0 aliphatic carbocycles. The molecule has 1 aromatic rings. The number of nitro groups is 1. The zero-order chi connectivity index (χ0) is 13.7. The van der Waals surface area contributed by atoms with E-state index in [1.165, 1.54) is 13.0 Å². The molecule has 1 aromatic carbocycles. The Morgan fingerprint density at radius 1 is 1.67 bits per heavy atom. The van der Waals surface area contributed by atoms with Gasteiger partial charge in [0, 0.05) is 0 Å². The summed E-state index contributed by atoms with van der Waals surface area (Å²) in [5, 5.41) is 10.7. The third-order valence-electron chi connectivity index (χ3n) is 1.97. The first-order valence-electron chi connectivity index (χ1n) is 5.14. The summed E-state index contributed by atoms with van der Waals surface area (Å²) in [6, 6.07) is 4.70. The number of ether oxygens (including phenoxy) is 2. The van der Waals surface area contributed by atoms with Gasteiger partial charge in [-0.2, -0.15) is 0 Å². The molecule has 0 aliphatic heterocycles. The monoisotopic (exact) mass is 272 g/mol. The summed E-state index contributed by atoms with van der Waals surface area (Å²) >= 11 is 5.80. The topological polar surface area (TPSA) is 78.7 Å². The summed E-state index contributed by atoms with van der Waals surface area (Å²) in [6.45, 7) is 3.36. The number of esters is 1. The Morgan fingerprint density at radius 2 is 2.33 bits per heavy atom. The van der Waals surface area contributed by atoms with Gasteiger partial charge in [-0.3, -0.25) is 10.1 Å². The van der Waals surface area contributed by atoms with Crippen molar-refractivity contribution in [3.8, 4) is 5.75 Å². The lowest BCUT2D eigenvalue weighted by Crippen LogP contribution is -2.26. The largest absolute Gasteiger partial charge is 0.477 e. The molecule has 0 saturated carbocycles. The molecule has 0 N–H and O–H groups in total. The third-order valence-corrected chi connectivity index (χ3v) is 2.26. The highest BCUT2D eigenvalue weighted by Gasteiger charge is 2.19. The highest BCUT2D eigenvalue weighted by molar-refractivity contribution is 6.32. The van der Waals surface area contributed by atoms with E-state index in [-0.39, 0.29) is 23.1 Å². The standard InChI is InChI=1S/C11H11ClNO5/c1-3-17-11(14)7(2)18-10-6-8(13(15)16)4-5-9(10)12/h5-7H,3H2,1-2H3. The van der Waals surface area contributed by atoms with Crippen LogP contribution in [0.3, 0.4) is 0 Å². The molecule has 1 radical (unpaired) electrons. The van der Waals surface area contributed by atoms with Crippen LogP contribution in [0.4, 0.5) is 5.69 Å². The molecule has 0 amide bonds. The quantitative estimate of drug-likeness (QED) is 0.467. The molecule has 0 spiro atoms. The van der Waals surface area contributed by atoms with Crippen molar-refractivity contribution in [2.24, 2.45) is 0 Å². The van der Waals surface area contributed by atoms with Crippen LogP contribution in [0.15, 0.2) is 12.1 Å². The zero-order valence-electron chi connectivity index (χ0n) is 9.81.